The number of hydrogen-bond donors (Lipinski definition) is 2. The molecule has 2 rings (SSSR count). The first-order valence-electron chi connectivity index (χ1n) is 5.90. The van der Waals surface area contributed by atoms with Crippen molar-refractivity contribution < 1.29 is 9.53 Å². The first-order valence-corrected chi connectivity index (χ1v) is 5.90. The van der Waals surface area contributed by atoms with Gasteiger partial charge in [-0.05, 0) is 25.7 Å². The second kappa shape index (κ2) is 6.42. The van der Waals surface area contributed by atoms with Gasteiger partial charge in [-0.25, -0.2) is 0 Å². The Labute approximate surface area is 103 Å². The number of carbonyl (C=O) groups excluding carboxylic acids is 1. The maximum absolute atomic E-state index is 11.8. The number of morpholine rings is 1. The van der Waals surface area contributed by atoms with E-state index in [4.69, 9.17) is 4.74 Å². The summed E-state index contributed by atoms with van der Waals surface area (Å²) in [6, 6.07) is -0.168. The Kier molecular flexibility index (Phi) is 5.52. The van der Waals surface area contributed by atoms with E-state index in [0.717, 1.165) is 13.1 Å². The van der Waals surface area contributed by atoms with Gasteiger partial charge in [-0.1, -0.05) is 6.42 Å². The largest absolute Gasteiger partial charge is 0.375 e. The molecule has 2 fully saturated rings. The van der Waals surface area contributed by atoms with Crippen LogP contribution in [0.15, 0.2) is 0 Å². The molecule has 1 saturated carbocycles. The van der Waals surface area contributed by atoms with Gasteiger partial charge < -0.3 is 15.4 Å². The number of rotatable bonds is 3. The van der Waals surface area contributed by atoms with Gasteiger partial charge in [0.05, 0.1) is 12.7 Å². The zero-order valence-electron chi connectivity index (χ0n) is 9.70. The normalized spacial score (nSPS) is 30.1. The number of nitrogens with one attached hydrogen (secondary N) is 2. The van der Waals surface area contributed by atoms with Gasteiger partial charge in [0, 0.05) is 13.1 Å². The number of hydrogen-bond acceptors (Lipinski definition) is 3. The molecule has 0 spiro atoms. The summed E-state index contributed by atoms with van der Waals surface area (Å²) in [6.07, 6.45) is 3.84. The molecule has 2 N–H and O–H groups in total. The molecule has 1 aliphatic carbocycles. The summed E-state index contributed by atoms with van der Waals surface area (Å²) in [5, 5.41) is 6.19. The summed E-state index contributed by atoms with van der Waals surface area (Å²) < 4.78 is 5.44. The van der Waals surface area contributed by atoms with Gasteiger partial charge in [0.2, 0.25) is 5.91 Å². The molecule has 0 bridgehead atoms. The smallest absolute Gasteiger partial charge is 0.239 e. The van der Waals surface area contributed by atoms with Gasteiger partial charge in [-0.2, -0.15) is 0 Å². The molecule has 1 aliphatic heterocycles. The lowest BCUT2D eigenvalue weighted by atomic mass is 9.85. The van der Waals surface area contributed by atoms with Crippen molar-refractivity contribution in [2.24, 2.45) is 5.92 Å². The second-order valence-electron chi connectivity index (χ2n) is 4.55. The van der Waals surface area contributed by atoms with E-state index in [9.17, 15) is 4.79 Å². The molecule has 1 amide bonds. The van der Waals surface area contributed by atoms with E-state index in [1.54, 1.807) is 0 Å². The lowest BCUT2D eigenvalue weighted by Gasteiger charge is -2.31. The van der Waals surface area contributed by atoms with E-state index in [2.05, 4.69) is 10.6 Å². The van der Waals surface area contributed by atoms with E-state index in [0.29, 0.717) is 12.5 Å². The Morgan fingerprint density at radius 3 is 2.81 bits per heavy atom. The van der Waals surface area contributed by atoms with Crippen LogP contribution in [-0.2, 0) is 9.53 Å². The monoisotopic (exact) mass is 248 g/mol. The van der Waals surface area contributed by atoms with Crippen molar-refractivity contribution >= 4 is 18.3 Å². The van der Waals surface area contributed by atoms with Gasteiger partial charge >= 0.3 is 0 Å². The van der Waals surface area contributed by atoms with Crippen LogP contribution < -0.4 is 10.6 Å². The SMILES string of the molecule is C[C@H]1OCCN[C@@H]1C(=O)NCC1CCC1.Cl. The van der Waals surface area contributed by atoms with Gasteiger partial charge in [-0.3, -0.25) is 4.79 Å². The Balaban J connectivity index is 0.00000128. The molecule has 4 nitrogen and oxygen atoms in total. The fourth-order valence-corrected chi connectivity index (χ4v) is 2.08. The zero-order valence-corrected chi connectivity index (χ0v) is 10.5. The average molecular weight is 249 g/mol. The fraction of sp³-hybridized carbons (Fsp3) is 0.909. The van der Waals surface area contributed by atoms with Crippen molar-refractivity contribution in [2.75, 3.05) is 19.7 Å². The Hall–Kier alpha value is -0.320. The van der Waals surface area contributed by atoms with Crippen molar-refractivity contribution in [3.05, 3.63) is 0 Å². The standard InChI is InChI=1S/C11H20N2O2.ClH/c1-8-10(12-5-6-15-8)11(14)13-7-9-3-2-4-9;/h8-10,12H,2-7H2,1H3,(H,13,14);1H/t8-,10+;/m1./s1. The van der Waals surface area contributed by atoms with Crippen LogP contribution in [0.2, 0.25) is 0 Å². The third-order valence-electron chi connectivity index (χ3n) is 3.39. The third kappa shape index (κ3) is 3.34. The summed E-state index contributed by atoms with van der Waals surface area (Å²) in [7, 11) is 0. The molecule has 0 aromatic rings. The highest BCUT2D eigenvalue weighted by Gasteiger charge is 2.28. The Morgan fingerprint density at radius 2 is 2.25 bits per heavy atom. The highest BCUT2D eigenvalue weighted by atomic mass is 35.5. The molecular weight excluding hydrogens is 228 g/mol. The summed E-state index contributed by atoms with van der Waals surface area (Å²) in [6.45, 7) is 4.25. The van der Waals surface area contributed by atoms with E-state index >= 15 is 0 Å². The van der Waals surface area contributed by atoms with Crippen LogP contribution in [0, 0.1) is 5.92 Å². The summed E-state index contributed by atoms with van der Waals surface area (Å²) >= 11 is 0. The molecule has 1 heterocycles. The molecule has 0 unspecified atom stereocenters. The molecule has 2 atom stereocenters. The molecule has 5 heteroatoms. The van der Waals surface area contributed by atoms with Crippen LogP contribution in [0.1, 0.15) is 26.2 Å². The summed E-state index contributed by atoms with van der Waals surface area (Å²) in [5.74, 6) is 0.808. The molecule has 94 valence electrons. The molecule has 2 aliphatic rings. The molecular formula is C11H21ClN2O2. The lowest BCUT2D eigenvalue weighted by molar-refractivity contribution is -0.129. The minimum atomic E-state index is -0.168. The van der Waals surface area contributed by atoms with Crippen LogP contribution in [0.25, 0.3) is 0 Å². The van der Waals surface area contributed by atoms with Crippen molar-refractivity contribution in [2.45, 2.75) is 38.3 Å². The van der Waals surface area contributed by atoms with E-state index < -0.39 is 0 Å². The van der Waals surface area contributed by atoms with Crippen LogP contribution >= 0.6 is 12.4 Å². The first-order chi connectivity index (χ1) is 7.27. The van der Waals surface area contributed by atoms with Gasteiger partial charge in [0.1, 0.15) is 6.04 Å². The fourth-order valence-electron chi connectivity index (χ4n) is 2.08. The van der Waals surface area contributed by atoms with Gasteiger partial charge in [0.25, 0.3) is 0 Å². The van der Waals surface area contributed by atoms with Crippen molar-refractivity contribution in [1.29, 1.82) is 0 Å². The van der Waals surface area contributed by atoms with Crippen LogP contribution in [0.4, 0.5) is 0 Å². The van der Waals surface area contributed by atoms with Gasteiger partial charge in [-0.15, -0.1) is 12.4 Å². The van der Waals surface area contributed by atoms with Crippen LogP contribution in [0.5, 0.6) is 0 Å². The maximum atomic E-state index is 11.8. The van der Waals surface area contributed by atoms with Crippen molar-refractivity contribution in [3.63, 3.8) is 0 Å². The Morgan fingerprint density at radius 1 is 1.50 bits per heavy atom. The van der Waals surface area contributed by atoms with Crippen molar-refractivity contribution in [1.82, 2.24) is 10.6 Å². The maximum Gasteiger partial charge on any atom is 0.239 e. The zero-order chi connectivity index (χ0) is 10.7. The van der Waals surface area contributed by atoms with Gasteiger partial charge in [0.15, 0.2) is 0 Å². The lowest BCUT2D eigenvalue weighted by Crippen LogP contribution is -2.56. The third-order valence-corrected chi connectivity index (χ3v) is 3.39. The number of halogens is 1. The number of ether oxygens (including phenoxy) is 1. The van der Waals surface area contributed by atoms with E-state index in [1.165, 1.54) is 19.3 Å². The molecule has 16 heavy (non-hydrogen) atoms. The highest BCUT2D eigenvalue weighted by molar-refractivity contribution is 5.85. The molecule has 0 radical (unpaired) electrons. The molecule has 1 saturated heterocycles. The number of amides is 1. The molecule has 0 aromatic heterocycles. The quantitative estimate of drug-likeness (QED) is 0.773. The van der Waals surface area contributed by atoms with E-state index in [1.807, 2.05) is 6.92 Å². The Bertz CT molecular complexity index is 234. The topological polar surface area (TPSA) is 50.4 Å². The summed E-state index contributed by atoms with van der Waals surface area (Å²) in [4.78, 5) is 11.8. The average Bonchev–Trinajstić information content (AvgIpc) is 2.16. The minimum Gasteiger partial charge on any atom is -0.375 e. The first kappa shape index (κ1) is 13.7. The van der Waals surface area contributed by atoms with E-state index in [-0.39, 0.29) is 30.5 Å². The summed E-state index contributed by atoms with van der Waals surface area (Å²) in [5.41, 5.74) is 0. The van der Waals surface area contributed by atoms with Crippen LogP contribution in [-0.4, -0.2) is 37.7 Å². The number of carbonyl (C=O) groups is 1. The predicted octanol–water partition coefficient (Wildman–Crippen LogP) is 0.701. The molecule has 0 aromatic carbocycles. The van der Waals surface area contributed by atoms with Crippen LogP contribution in [0.3, 0.4) is 0 Å². The van der Waals surface area contributed by atoms with Crippen molar-refractivity contribution in [3.8, 4) is 0 Å². The highest BCUT2D eigenvalue weighted by Crippen LogP contribution is 2.25. The minimum absolute atomic E-state index is 0. The predicted molar refractivity (Wildman–Crippen MR) is 64.8 cm³/mol. The second-order valence-corrected chi connectivity index (χ2v) is 4.55.